The van der Waals surface area contributed by atoms with E-state index in [0.717, 1.165) is 12.8 Å². The van der Waals surface area contributed by atoms with Crippen molar-refractivity contribution >= 4 is 17.7 Å². The maximum atomic E-state index is 13.6. The quantitative estimate of drug-likeness (QED) is 0.848. The minimum absolute atomic E-state index is 0.0811. The molecule has 0 heterocycles. The van der Waals surface area contributed by atoms with Crippen molar-refractivity contribution in [3.63, 3.8) is 0 Å². The standard InChI is InChI=1S/C15H20FNO2S/c1-15(9-18,12-4-5-12)17-14(19)10-3-6-13(16)11(7-10)8-20-2/h3,6-7,12,18H,4-5,8-9H2,1-2H3,(H,17,19). The van der Waals surface area contributed by atoms with E-state index in [1.807, 2.05) is 13.2 Å². The number of aliphatic hydroxyl groups excluding tert-OH is 1. The van der Waals surface area contributed by atoms with Gasteiger partial charge >= 0.3 is 0 Å². The van der Waals surface area contributed by atoms with E-state index in [9.17, 15) is 14.3 Å². The number of aliphatic hydroxyl groups is 1. The van der Waals surface area contributed by atoms with Crippen LogP contribution < -0.4 is 5.32 Å². The topological polar surface area (TPSA) is 49.3 Å². The van der Waals surface area contributed by atoms with E-state index in [-0.39, 0.29) is 18.3 Å². The SMILES string of the molecule is CSCc1cc(C(=O)NC(C)(CO)C2CC2)ccc1F. The third-order valence-electron chi connectivity index (χ3n) is 3.81. The minimum Gasteiger partial charge on any atom is -0.394 e. The molecule has 1 aliphatic carbocycles. The summed E-state index contributed by atoms with van der Waals surface area (Å²) in [5.74, 6) is 0.328. The largest absolute Gasteiger partial charge is 0.394 e. The van der Waals surface area contributed by atoms with Crippen molar-refractivity contribution in [3.8, 4) is 0 Å². The first-order chi connectivity index (χ1) is 9.50. The van der Waals surface area contributed by atoms with Crippen LogP contribution in [0.4, 0.5) is 4.39 Å². The molecule has 0 aliphatic heterocycles. The van der Waals surface area contributed by atoms with Gasteiger partial charge in [-0.3, -0.25) is 4.79 Å². The van der Waals surface area contributed by atoms with E-state index in [1.165, 1.54) is 23.9 Å². The Labute approximate surface area is 123 Å². The van der Waals surface area contributed by atoms with Crippen molar-refractivity contribution in [2.45, 2.75) is 31.1 Å². The average molecular weight is 297 g/mol. The van der Waals surface area contributed by atoms with Gasteiger partial charge in [0.2, 0.25) is 0 Å². The van der Waals surface area contributed by atoms with Crippen LogP contribution in [0.5, 0.6) is 0 Å². The molecule has 2 rings (SSSR count). The Bertz CT molecular complexity index is 505. The Morgan fingerprint density at radius 3 is 2.80 bits per heavy atom. The number of amides is 1. The normalized spacial score (nSPS) is 17.6. The lowest BCUT2D eigenvalue weighted by atomic mass is 9.96. The fourth-order valence-corrected chi connectivity index (χ4v) is 2.84. The van der Waals surface area contributed by atoms with Crippen molar-refractivity contribution < 1.29 is 14.3 Å². The van der Waals surface area contributed by atoms with Gasteiger partial charge in [-0.15, -0.1) is 0 Å². The number of halogens is 1. The van der Waals surface area contributed by atoms with E-state index in [0.29, 0.717) is 22.8 Å². The Kier molecular flexibility index (Phi) is 4.70. The van der Waals surface area contributed by atoms with Crippen LogP contribution in [-0.4, -0.2) is 29.4 Å². The average Bonchev–Trinajstić information content (AvgIpc) is 3.26. The van der Waals surface area contributed by atoms with Crippen molar-refractivity contribution in [3.05, 3.63) is 35.1 Å². The first kappa shape index (κ1) is 15.3. The molecule has 5 heteroatoms. The van der Waals surface area contributed by atoms with E-state index < -0.39 is 5.54 Å². The van der Waals surface area contributed by atoms with Crippen LogP contribution >= 0.6 is 11.8 Å². The molecule has 0 radical (unpaired) electrons. The van der Waals surface area contributed by atoms with Crippen LogP contribution in [0.3, 0.4) is 0 Å². The summed E-state index contributed by atoms with van der Waals surface area (Å²) in [5, 5.41) is 12.4. The van der Waals surface area contributed by atoms with Gasteiger partial charge < -0.3 is 10.4 Å². The van der Waals surface area contributed by atoms with Gasteiger partial charge in [-0.1, -0.05) is 0 Å². The highest BCUT2D eigenvalue weighted by molar-refractivity contribution is 7.97. The molecule has 110 valence electrons. The number of hydrogen-bond donors (Lipinski definition) is 2. The van der Waals surface area contributed by atoms with Gasteiger partial charge in [0.15, 0.2) is 0 Å². The number of rotatable bonds is 6. The second-order valence-electron chi connectivity index (χ2n) is 5.54. The van der Waals surface area contributed by atoms with Crippen molar-refractivity contribution in [1.29, 1.82) is 0 Å². The molecule has 0 saturated heterocycles. The number of carbonyl (C=O) groups excluding carboxylic acids is 1. The van der Waals surface area contributed by atoms with Crippen LogP contribution in [-0.2, 0) is 5.75 Å². The second kappa shape index (κ2) is 6.14. The molecule has 1 aromatic carbocycles. The van der Waals surface area contributed by atoms with Gasteiger partial charge in [-0.2, -0.15) is 11.8 Å². The molecule has 20 heavy (non-hydrogen) atoms. The summed E-state index contributed by atoms with van der Waals surface area (Å²) in [6.45, 7) is 1.77. The molecule has 1 saturated carbocycles. The third kappa shape index (κ3) is 3.33. The molecular weight excluding hydrogens is 277 g/mol. The maximum Gasteiger partial charge on any atom is 0.251 e. The molecule has 0 bridgehead atoms. The predicted molar refractivity (Wildman–Crippen MR) is 79.3 cm³/mol. The number of benzene rings is 1. The number of carbonyl (C=O) groups is 1. The molecule has 1 atom stereocenters. The number of nitrogens with one attached hydrogen (secondary N) is 1. The number of thioether (sulfide) groups is 1. The first-order valence-electron chi connectivity index (χ1n) is 6.71. The smallest absolute Gasteiger partial charge is 0.251 e. The summed E-state index contributed by atoms with van der Waals surface area (Å²) in [6, 6.07) is 4.40. The molecule has 1 amide bonds. The van der Waals surface area contributed by atoms with Crippen LogP contribution in [0.25, 0.3) is 0 Å². The Morgan fingerprint density at radius 2 is 2.25 bits per heavy atom. The lowest BCUT2D eigenvalue weighted by Gasteiger charge is -2.28. The zero-order valence-corrected chi connectivity index (χ0v) is 12.6. The Hall–Kier alpha value is -1.07. The van der Waals surface area contributed by atoms with Gasteiger partial charge in [0, 0.05) is 11.3 Å². The maximum absolute atomic E-state index is 13.6. The van der Waals surface area contributed by atoms with E-state index >= 15 is 0 Å². The summed E-state index contributed by atoms with van der Waals surface area (Å²) in [7, 11) is 0. The summed E-state index contributed by atoms with van der Waals surface area (Å²) < 4.78 is 13.6. The van der Waals surface area contributed by atoms with E-state index in [1.54, 1.807) is 6.07 Å². The minimum atomic E-state index is -0.578. The monoisotopic (exact) mass is 297 g/mol. The summed E-state index contributed by atoms with van der Waals surface area (Å²) in [4.78, 5) is 12.3. The molecule has 2 N–H and O–H groups in total. The number of hydrogen-bond acceptors (Lipinski definition) is 3. The molecule has 0 aromatic heterocycles. The van der Waals surface area contributed by atoms with Crippen LogP contribution in [0, 0.1) is 11.7 Å². The third-order valence-corrected chi connectivity index (χ3v) is 4.41. The fraction of sp³-hybridized carbons (Fsp3) is 0.533. The molecule has 1 fully saturated rings. The van der Waals surface area contributed by atoms with Crippen molar-refractivity contribution in [2.75, 3.05) is 12.9 Å². The van der Waals surface area contributed by atoms with E-state index in [2.05, 4.69) is 5.32 Å². The second-order valence-corrected chi connectivity index (χ2v) is 6.41. The molecule has 1 aliphatic rings. The van der Waals surface area contributed by atoms with Crippen molar-refractivity contribution in [2.24, 2.45) is 5.92 Å². The van der Waals surface area contributed by atoms with E-state index in [4.69, 9.17) is 0 Å². The van der Waals surface area contributed by atoms with Gasteiger partial charge in [-0.05, 0) is 55.7 Å². The van der Waals surface area contributed by atoms with Crippen molar-refractivity contribution in [1.82, 2.24) is 5.32 Å². The molecule has 3 nitrogen and oxygen atoms in total. The molecule has 1 aromatic rings. The highest BCUT2D eigenvalue weighted by Gasteiger charge is 2.42. The lowest BCUT2D eigenvalue weighted by Crippen LogP contribution is -2.50. The Morgan fingerprint density at radius 1 is 1.55 bits per heavy atom. The highest BCUT2D eigenvalue weighted by atomic mass is 32.2. The summed E-state index contributed by atoms with van der Waals surface area (Å²) in [5.41, 5.74) is 0.392. The van der Waals surface area contributed by atoms with Crippen LogP contribution in [0.15, 0.2) is 18.2 Å². The van der Waals surface area contributed by atoms with Gasteiger partial charge in [0.1, 0.15) is 5.82 Å². The first-order valence-corrected chi connectivity index (χ1v) is 8.10. The fourth-order valence-electron chi connectivity index (χ4n) is 2.30. The molecular formula is C15H20FNO2S. The van der Waals surface area contributed by atoms with Gasteiger partial charge in [0.25, 0.3) is 5.91 Å². The lowest BCUT2D eigenvalue weighted by molar-refractivity contribution is 0.0824. The highest BCUT2D eigenvalue weighted by Crippen LogP contribution is 2.39. The zero-order chi connectivity index (χ0) is 14.8. The predicted octanol–water partition coefficient (Wildman–Crippen LogP) is 2.58. The zero-order valence-electron chi connectivity index (χ0n) is 11.8. The van der Waals surface area contributed by atoms with Crippen LogP contribution in [0.2, 0.25) is 0 Å². The summed E-state index contributed by atoms with van der Waals surface area (Å²) in [6.07, 6.45) is 3.94. The Balaban J connectivity index is 2.14. The van der Waals surface area contributed by atoms with Gasteiger partial charge in [0.05, 0.1) is 12.1 Å². The summed E-state index contributed by atoms with van der Waals surface area (Å²) >= 11 is 1.51. The molecule has 1 unspecified atom stereocenters. The van der Waals surface area contributed by atoms with Crippen LogP contribution in [0.1, 0.15) is 35.7 Å². The molecule has 0 spiro atoms. The van der Waals surface area contributed by atoms with Gasteiger partial charge in [-0.25, -0.2) is 4.39 Å².